The topological polar surface area (TPSA) is 75.3 Å². The summed E-state index contributed by atoms with van der Waals surface area (Å²) in [5.74, 6) is -0.683. The first kappa shape index (κ1) is 12.2. The maximum atomic E-state index is 10.8. The summed E-state index contributed by atoms with van der Waals surface area (Å²) in [5, 5.41) is 22.4. The normalized spacial score (nSPS) is 10.6. The third-order valence-electron chi connectivity index (χ3n) is 2.86. The molecule has 0 radical (unpaired) electrons. The van der Waals surface area contributed by atoms with Crippen LogP contribution in [0.4, 0.5) is 0 Å². The SMILES string of the molecule is Cc1nn(-c2ccc(O)cc2)c(C)c1CC(=O)O. The van der Waals surface area contributed by atoms with Gasteiger partial charge in [-0.3, -0.25) is 4.79 Å². The summed E-state index contributed by atoms with van der Waals surface area (Å²) in [6.07, 6.45) is -0.0320. The minimum atomic E-state index is -0.869. The molecule has 0 saturated heterocycles. The number of nitrogens with zero attached hydrogens (tertiary/aromatic N) is 2. The van der Waals surface area contributed by atoms with E-state index in [0.717, 1.165) is 16.9 Å². The Hall–Kier alpha value is -2.30. The van der Waals surface area contributed by atoms with Crippen LogP contribution in [0.3, 0.4) is 0 Å². The van der Waals surface area contributed by atoms with Crippen molar-refractivity contribution in [3.8, 4) is 11.4 Å². The lowest BCUT2D eigenvalue weighted by atomic mass is 10.1. The standard InChI is InChI=1S/C13H14N2O3/c1-8-12(7-13(17)18)9(2)15(14-8)10-3-5-11(16)6-4-10/h3-6,16H,7H2,1-2H3,(H,17,18). The number of phenolic OH excluding ortho intramolecular Hbond substituents is 1. The Kier molecular flexibility index (Phi) is 3.06. The largest absolute Gasteiger partial charge is 0.508 e. The third kappa shape index (κ3) is 2.20. The smallest absolute Gasteiger partial charge is 0.307 e. The van der Waals surface area contributed by atoms with Crippen LogP contribution in [0, 0.1) is 13.8 Å². The van der Waals surface area contributed by atoms with Crippen LogP contribution >= 0.6 is 0 Å². The fraction of sp³-hybridized carbons (Fsp3) is 0.231. The third-order valence-corrected chi connectivity index (χ3v) is 2.86. The zero-order chi connectivity index (χ0) is 13.3. The molecule has 5 nitrogen and oxygen atoms in total. The Bertz CT molecular complexity index is 585. The monoisotopic (exact) mass is 246 g/mol. The molecule has 5 heteroatoms. The van der Waals surface area contributed by atoms with Crippen molar-refractivity contribution in [2.75, 3.05) is 0 Å². The van der Waals surface area contributed by atoms with Crippen LogP contribution in [0.25, 0.3) is 5.69 Å². The number of carboxylic acids is 1. The van der Waals surface area contributed by atoms with E-state index < -0.39 is 5.97 Å². The first-order valence-electron chi connectivity index (χ1n) is 5.55. The molecule has 2 N–H and O–H groups in total. The quantitative estimate of drug-likeness (QED) is 0.866. The highest BCUT2D eigenvalue weighted by atomic mass is 16.4. The first-order chi connectivity index (χ1) is 8.49. The summed E-state index contributed by atoms with van der Waals surface area (Å²) in [4.78, 5) is 10.8. The molecule has 94 valence electrons. The van der Waals surface area contributed by atoms with Crippen LogP contribution in [-0.4, -0.2) is 26.0 Å². The number of aliphatic carboxylic acids is 1. The van der Waals surface area contributed by atoms with Crippen molar-refractivity contribution < 1.29 is 15.0 Å². The van der Waals surface area contributed by atoms with Crippen molar-refractivity contribution in [2.45, 2.75) is 20.3 Å². The van der Waals surface area contributed by atoms with Gasteiger partial charge in [-0.2, -0.15) is 5.10 Å². The summed E-state index contributed by atoms with van der Waals surface area (Å²) in [6, 6.07) is 6.62. The van der Waals surface area contributed by atoms with Crippen molar-refractivity contribution in [1.29, 1.82) is 0 Å². The number of phenols is 1. The minimum Gasteiger partial charge on any atom is -0.508 e. The molecule has 1 aromatic heterocycles. The van der Waals surface area contributed by atoms with Gasteiger partial charge in [-0.15, -0.1) is 0 Å². The van der Waals surface area contributed by atoms with E-state index in [4.69, 9.17) is 5.11 Å². The summed E-state index contributed by atoms with van der Waals surface area (Å²) in [5.41, 5.74) is 3.05. The highest BCUT2D eigenvalue weighted by Gasteiger charge is 2.15. The lowest BCUT2D eigenvalue weighted by Crippen LogP contribution is -2.03. The number of benzene rings is 1. The van der Waals surface area contributed by atoms with Crippen molar-refractivity contribution in [2.24, 2.45) is 0 Å². The number of hydrogen-bond acceptors (Lipinski definition) is 3. The van der Waals surface area contributed by atoms with Crippen molar-refractivity contribution in [1.82, 2.24) is 9.78 Å². The van der Waals surface area contributed by atoms with Gasteiger partial charge in [0.1, 0.15) is 5.75 Å². The fourth-order valence-electron chi connectivity index (χ4n) is 1.93. The number of hydrogen-bond donors (Lipinski definition) is 2. The number of carbonyl (C=O) groups is 1. The van der Waals surface area contributed by atoms with Gasteiger partial charge in [0.05, 0.1) is 17.8 Å². The molecule has 2 rings (SSSR count). The Labute approximate surface area is 104 Å². The molecule has 0 aliphatic carbocycles. The average Bonchev–Trinajstić information content (AvgIpc) is 2.58. The second kappa shape index (κ2) is 4.52. The predicted molar refractivity (Wildman–Crippen MR) is 66.0 cm³/mol. The van der Waals surface area contributed by atoms with Crippen LogP contribution in [0.1, 0.15) is 17.0 Å². The van der Waals surface area contributed by atoms with Crippen LogP contribution in [0.5, 0.6) is 5.75 Å². The van der Waals surface area contributed by atoms with E-state index in [0.29, 0.717) is 5.69 Å². The molecule has 0 saturated carbocycles. The summed E-state index contributed by atoms with van der Waals surface area (Å²) < 4.78 is 1.69. The molecule has 18 heavy (non-hydrogen) atoms. The van der Waals surface area contributed by atoms with E-state index >= 15 is 0 Å². The fourth-order valence-corrected chi connectivity index (χ4v) is 1.93. The van der Waals surface area contributed by atoms with E-state index in [-0.39, 0.29) is 12.2 Å². The highest BCUT2D eigenvalue weighted by molar-refractivity contribution is 5.71. The Morgan fingerprint density at radius 1 is 1.28 bits per heavy atom. The molecule has 0 aliphatic rings. The summed E-state index contributed by atoms with van der Waals surface area (Å²) >= 11 is 0. The van der Waals surface area contributed by atoms with Gasteiger partial charge in [0.25, 0.3) is 0 Å². The highest BCUT2D eigenvalue weighted by Crippen LogP contribution is 2.20. The average molecular weight is 246 g/mol. The first-order valence-corrected chi connectivity index (χ1v) is 5.55. The van der Waals surface area contributed by atoms with E-state index in [2.05, 4.69) is 5.10 Å². The summed E-state index contributed by atoms with van der Waals surface area (Å²) in [7, 11) is 0. The van der Waals surface area contributed by atoms with E-state index in [1.165, 1.54) is 0 Å². The molecule has 0 spiro atoms. The zero-order valence-corrected chi connectivity index (χ0v) is 10.2. The molecule has 0 atom stereocenters. The van der Waals surface area contributed by atoms with Crippen LogP contribution in [0.2, 0.25) is 0 Å². The number of aryl methyl sites for hydroxylation is 1. The molecule has 1 heterocycles. The molecule has 0 fully saturated rings. The Morgan fingerprint density at radius 3 is 2.44 bits per heavy atom. The van der Waals surface area contributed by atoms with Gasteiger partial charge in [-0.05, 0) is 38.1 Å². The van der Waals surface area contributed by atoms with Crippen LogP contribution in [0.15, 0.2) is 24.3 Å². The molecule has 1 aromatic carbocycles. The molecule has 0 aliphatic heterocycles. The van der Waals surface area contributed by atoms with E-state index in [1.807, 2.05) is 6.92 Å². The van der Waals surface area contributed by atoms with Crippen molar-refractivity contribution >= 4 is 5.97 Å². The Morgan fingerprint density at radius 2 is 1.89 bits per heavy atom. The van der Waals surface area contributed by atoms with Gasteiger partial charge >= 0.3 is 5.97 Å². The van der Waals surface area contributed by atoms with Gasteiger partial charge in [0.15, 0.2) is 0 Å². The van der Waals surface area contributed by atoms with Gasteiger partial charge < -0.3 is 10.2 Å². The van der Waals surface area contributed by atoms with Gasteiger partial charge in [0.2, 0.25) is 0 Å². The number of carboxylic acid groups (broad SMARTS) is 1. The second-order valence-corrected chi connectivity index (χ2v) is 4.15. The lowest BCUT2D eigenvalue weighted by molar-refractivity contribution is -0.136. The van der Waals surface area contributed by atoms with E-state index in [9.17, 15) is 9.90 Å². The minimum absolute atomic E-state index is 0.0320. The number of aromatic hydroxyl groups is 1. The molecular formula is C13H14N2O3. The summed E-state index contributed by atoms with van der Waals surface area (Å²) in [6.45, 7) is 3.63. The van der Waals surface area contributed by atoms with Crippen LogP contribution in [-0.2, 0) is 11.2 Å². The lowest BCUT2D eigenvalue weighted by Gasteiger charge is -2.04. The van der Waals surface area contributed by atoms with Crippen LogP contribution < -0.4 is 0 Å². The zero-order valence-electron chi connectivity index (χ0n) is 10.2. The Balaban J connectivity index is 2.46. The van der Waals surface area contributed by atoms with Gasteiger partial charge in [-0.25, -0.2) is 4.68 Å². The van der Waals surface area contributed by atoms with Crippen molar-refractivity contribution in [3.05, 3.63) is 41.2 Å². The molecular weight excluding hydrogens is 232 g/mol. The van der Waals surface area contributed by atoms with E-state index in [1.54, 1.807) is 35.9 Å². The second-order valence-electron chi connectivity index (χ2n) is 4.15. The number of rotatable bonds is 3. The maximum absolute atomic E-state index is 10.8. The number of aromatic nitrogens is 2. The molecule has 2 aromatic rings. The molecule has 0 amide bonds. The van der Waals surface area contributed by atoms with Gasteiger partial charge in [-0.1, -0.05) is 0 Å². The molecule has 0 bridgehead atoms. The predicted octanol–water partition coefficient (Wildman–Crippen LogP) is 1.82. The molecule has 0 unspecified atom stereocenters. The maximum Gasteiger partial charge on any atom is 0.307 e. The van der Waals surface area contributed by atoms with Gasteiger partial charge in [0, 0.05) is 11.3 Å². The van der Waals surface area contributed by atoms with Crippen molar-refractivity contribution in [3.63, 3.8) is 0 Å².